The van der Waals surface area contributed by atoms with Crippen LogP contribution in [-0.2, 0) is 16.4 Å². The van der Waals surface area contributed by atoms with E-state index < -0.39 is 15.5 Å². The molecule has 2 aromatic carbocycles. The lowest BCUT2D eigenvalue weighted by Gasteiger charge is -2.43. The van der Waals surface area contributed by atoms with Gasteiger partial charge in [-0.1, -0.05) is 11.6 Å². The molecule has 3 aliphatic rings. The zero-order valence-corrected chi connectivity index (χ0v) is 31.3. The summed E-state index contributed by atoms with van der Waals surface area (Å²) in [5.74, 6) is 1.37. The quantitative estimate of drug-likeness (QED) is 0.185. The van der Waals surface area contributed by atoms with E-state index >= 15 is 0 Å². The number of ether oxygens (including phenoxy) is 1. The fourth-order valence-corrected chi connectivity index (χ4v) is 7.98. The number of hydrogen-bond donors (Lipinski definition) is 2. The van der Waals surface area contributed by atoms with Crippen molar-refractivity contribution in [1.82, 2.24) is 29.7 Å². The average molecular weight is 775 g/mol. The van der Waals surface area contributed by atoms with E-state index in [-0.39, 0.29) is 43.5 Å². The van der Waals surface area contributed by atoms with Crippen LogP contribution in [0.2, 0.25) is 5.02 Å². The number of piperazine rings is 1. The maximum Gasteiger partial charge on any atom is 0.516 e. The van der Waals surface area contributed by atoms with Gasteiger partial charge >= 0.3 is 15.5 Å². The first-order chi connectivity index (χ1) is 25.3. The Hall–Kier alpha value is -4.19. The minimum Gasteiger partial charge on any atom is -0.494 e. The highest BCUT2D eigenvalue weighted by molar-refractivity contribution is 7.93. The smallest absolute Gasteiger partial charge is 0.494 e. The third-order valence-electron chi connectivity index (χ3n) is 10.3. The molecular weight excluding hydrogens is 733 g/mol. The monoisotopic (exact) mass is 774 g/mol. The molecule has 0 amide bonds. The second-order valence-corrected chi connectivity index (χ2v) is 16.2. The number of rotatable bonds is 11. The Morgan fingerprint density at radius 2 is 1.68 bits per heavy atom. The summed E-state index contributed by atoms with van der Waals surface area (Å²) in [7, 11) is -1.22. The summed E-state index contributed by atoms with van der Waals surface area (Å²) in [6.07, 6.45) is 9.48. The number of nitrogens with one attached hydrogen (secondary N) is 2. The van der Waals surface area contributed by atoms with Crippen molar-refractivity contribution in [2.75, 3.05) is 80.3 Å². The Morgan fingerprint density at radius 1 is 0.962 bits per heavy atom. The van der Waals surface area contributed by atoms with Gasteiger partial charge in [0, 0.05) is 76.5 Å². The van der Waals surface area contributed by atoms with Gasteiger partial charge in [0.05, 0.1) is 30.2 Å². The molecule has 0 unspecified atom stereocenters. The first kappa shape index (κ1) is 37.1. The fourth-order valence-electron chi connectivity index (χ4n) is 7.11. The van der Waals surface area contributed by atoms with Crippen LogP contribution in [0.4, 0.5) is 47.7 Å². The molecule has 2 aliphatic heterocycles. The lowest BCUT2D eigenvalue weighted by atomic mass is 9.98. The Bertz CT molecular complexity index is 2070. The minimum absolute atomic E-state index is 0.0171. The predicted molar refractivity (Wildman–Crippen MR) is 200 cm³/mol. The number of nitrogens with zero attached hydrogens (tertiary/aromatic N) is 8. The summed E-state index contributed by atoms with van der Waals surface area (Å²) in [5.41, 5.74) is -2.88. The molecule has 1 saturated carbocycles. The number of alkyl halides is 3. The van der Waals surface area contributed by atoms with Gasteiger partial charge < -0.3 is 25.2 Å². The summed E-state index contributed by atoms with van der Waals surface area (Å²) >= 11 is 6.49. The molecule has 3 fully saturated rings. The van der Waals surface area contributed by atoms with E-state index in [1.54, 1.807) is 7.11 Å². The fraction of sp³-hybridized carbons (Fsp3) is 0.486. The minimum atomic E-state index is -5.81. The highest BCUT2D eigenvalue weighted by Gasteiger charge is 2.50. The molecule has 0 spiro atoms. The normalized spacial score (nSPS) is 18.0. The van der Waals surface area contributed by atoms with Crippen molar-refractivity contribution in [3.8, 4) is 5.75 Å². The van der Waals surface area contributed by atoms with E-state index in [9.17, 15) is 21.6 Å². The van der Waals surface area contributed by atoms with Crippen LogP contribution in [0.15, 0.2) is 42.9 Å². The Balaban J connectivity index is 1.16. The van der Waals surface area contributed by atoms with Crippen molar-refractivity contribution in [2.24, 2.45) is 5.92 Å². The molecule has 7 rings (SSSR count). The zero-order chi connectivity index (χ0) is 37.5. The van der Waals surface area contributed by atoms with E-state index in [1.807, 2.05) is 0 Å². The molecule has 1 aliphatic carbocycles. The van der Waals surface area contributed by atoms with E-state index in [1.165, 1.54) is 54.8 Å². The summed E-state index contributed by atoms with van der Waals surface area (Å²) in [5, 5.41) is 6.21. The second kappa shape index (κ2) is 14.9. The lowest BCUT2D eigenvalue weighted by Crippen LogP contribution is -2.52. The van der Waals surface area contributed by atoms with Crippen molar-refractivity contribution in [3.05, 3.63) is 53.4 Å². The number of anilines is 6. The SMILES string of the molecule is COc1cc(N2CCC(N3CCN(C)CC3)CC2)c(CC2CC2)cc1Nc1ncc(Cl)c(Nc2ccc3nccnc3c2N(C)S(=O)(=O)C(F)(F)F)n1. The summed E-state index contributed by atoms with van der Waals surface area (Å²) < 4.78 is 72.2. The Kier molecular flexibility index (Phi) is 10.5. The third-order valence-corrected chi connectivity index (χ3v) is 12.1. The Labute approximate surface area is 311 Å². The summed E-state index contributed by atoms with van der Waals surface area (Å²) in [6.45, 7) is 6.36. The largest absolute Gasteiger partial charge is 0.516 e. The number of methoxy groups -OCH3 is 1. The second-order valence-electron chi connectivity index (χ2n) is 13.8. The van der Waals surface area contributed by atoms with Gasteiger partial charge in [0.15, 0.2) is 5.82 Å². The Morgan fingerprint density at radius 3 is 2.36 bits per heavy atom. The van der Waals surface area contributed by atoms with Crippen LogP contribution in [0.3, 0.4) is 0 Å². The number of aromatic nitrogens is 4. The van der Waals surface area contributed by atoms with Crippen LogP contribution in [0.5, 0.6) is 5.75 Å². The summed E-state index contributed by atoms with van der Waals surface area (Å²) in [4.78, 5) is 24.7. The van der Waals surface area contributed by atoms with E-state index in [4.69, 9.17) is 16.3 Å². The molecule has 284 valence electrons. The molecule has 53 heavy (non-hydrogen) atoms. The topological polar surface area (TPSA) is 132 Å². The van der Waals surface area contributed by atoms with Crippen molar-refractivity contribution < 1.29 is 26.3 Å². The number of benzene rings is 2. The van der Waals surface area contributed by atoms with E-state index in [0.29, 0.717) is 23.4 Å². The third kappa shape index (κ3) is 7.88. The van der Waals surface area contributed by atoms with E-state index in [2.05, 4.69) is 64.4 Å². The average Bonchev–Trinajstić information content (AvgIpc) is 3.97. The highest BCUT2D eigenvalue weighted by atomic mass is 35.5. The zero-order valence-electron chi connectivity index (χ0n) is 29.7. The molecule has 2 saturated heterocycles. The number of sulfonamides is 1. The molecule has 2 aromatic heterocycles. The number of likely N-dealkylation sites (N-methyl/N-ethyl adjacent to an activating group) is 1. The van der Waals surface area contributed by atoms with Gasteiger partial charge in [-0.15, -0.1) is 0 Å². The van der Waals surface area contributed by atoms with Crippen molar-refractivity contribution in [1.29, 1.82) is 0 Å². The van der Waals surface area contributed by atoms with Gasteiger partial charge in [-0.2, -0.15) is 26.6 Å². The van der Waals surface area contributed by atoms with Crippen molar-refractivity contribution in [3.63, 3.8) is 0 Å². The number of fused-ring (bicyclic) bond motifs is 1. The molecule has 2 N–H and O–H groups in total. The van der Waals surface area contributed by atoms with Crippen LogP contribution in [0, 0.1) is 5.92 Å². The van der Waals surface area contributed by atoms with Gasteiger partial charge in [-0.25, -0.2) is 4.98 Å². The van der Waals surface area contributed by atoms with Crippen LogP contribution in [0.25, 0.3) is 11.0 Å². The van der Waals surface area contributed by atoms with Gasteiger partial charge in [0.2, 0.25) is 5.95 Å². The first-order valence-electron chi connectivity index (χ1n) is 17.6. The maximum atomic E-state index is 13.7. The molecule has 0 radical (unpaired) electrons. The maximum absolute atomic E-state index is 13.7. The van der Waals surface area contributed by atoms with Gasteiger partial charge in [0.1, 0.15) is 22.0 Å². The highest BCUT2D eigenvalue weighted by Crippen LogP contribution is 2.43. The van der Waals surface area contributed by atoms with Crippen molar-refractivity contribution in [2.45, 2.75) is 43.7 Å². The van der Waals surface area contributed by atoms with Crippen LogP contribution < -0.4 is 24.6 Å². The molecule has 0 atom stereocenters. The predicted octanol–water partition coefficient (Wildman–Crippen LogP) is 6.02. The molecular formula is C35H42ClF3N10O3S. The molecule has 13 nitrogen and oxygen atoms in total. The first-order valence-corrected chi connectivity index (χ1v) is 19.4. The van der Waals surface area contributed by atoms with Gasteiger partial charge in [-0.3, -0.25) is 19.2 Å². The van der Waals surface area contributed by atoms with Gasteiger partial charge in [0.25, 0.3) is 0 Å². The molecule has 4 aromatic rings. The number of halogens is 4. The van der Waals surface area contributed by atoms with Gasteiger partial charge in [-0.05, 0) is 68.8 Å². The molecule has 0 bridgehead atoms. The van der Waals surface area contributed by atoms with Crippen LogP contribution in [-0.4, -0.2) is 110 Å². The van der Waals surface area contributed by atoms with Crippen LogP contribution >= 0.6 is 11.6 Å². The standard InChI is InChI=1S/C35H42ClF3N10O3S/c1-46-14-16-48(17-15-46)24-8-12-49(13-9-24)29-20-30(52-3)28(19-23(29)18-22-4-5-22)44-34-42-21-25(36)33(45-34)43-27-7-6-26-31(41-11-10-40-26)32(27)47(2)53(50,51)35(37,38)39/h6-7,10-11,19-22,24H,4-5,8-9,12-18H2,1-3H3,(H2,42,43,44,45). The van der Waals surface area contributed by atoms with E-state index in [0.717, 1.165) is 65.6 Å². The molecule has 18 heteroatoms. The number of piperidine rings is 1. The molecule has 4 heterocycles. The lowest BCUT2D eigenvalue weighted by molar-refractivity contribution is -0.0436. The summed E-state index contributed by atoms with van der Waals surface area (Å²) in [6, 6.07) is 7.64. The van der Waals surface area contributed by atoms with Crippen molar-refractivity contribution >= 4 is 67.2 Å². The van der Waals surface area contributed by atoms with Crippen LogP contribution in [0.1, 0.15) is 31.2 Å². The number of hydrogen-bond acceptors (Lipinski definition) is 12.